The average Bonchev–Trinajstić information content (AvgIpc) is 2.87. The van der Waals surface area contributed by atoms with E-state index in [4.69, 9.17) is 11.6 Å². The molecule has 0 aliphatic carbocycles. The number of nitrogens with zero attached hydrogens (tertiary/aromatic N) is 2. The average molecular weight is 602 g/mol. The van der Waals surface area contributed by atoms with E-state index in [9.17, 15) is 22.4 Å². The van der Waals surface area contributed by atoms with Gasteiger partial charge in [-0.15, -0.1) is 0 Å². The summed E-state index contributed by atoms with van der Waals surface area (Å²) in [6.07, 6.45) is 0.277. The van der Waals surface area contributed by atoms with Crippen molar-refractivity contribution < 1.29 is 22.4 Å². The molecule has 3 rings (SSSR count). The van der Waals surface area contributed by atoms with Crippen molar-refractivity contribution >= 4 is 39.1 Å². The van der Waals surface area contributed by atoms with Crippen LogP contribution in [-0.2, 0) is 26.2 Å². The van der Waals surface area contributed by atoms with Gasteiger partial charge in [0.15, 0.2) is 0 Å². The minimum atomic E-state index is -4.20. The Morgan fingerprint density at radius 2 is 1.59 bits per heavy atom. The van der Waals surface area contributed by atoms with Gasteiger partial charge < -0.3 is 10.2 Å². The Morgan fingerprint density at radius 1 is 0.976 bits per heavy atom. The first-order valence-corrected chi connectivity index (χ1v) is 15.2. The zero-order valence-electron chi connectivity index (χ0n) is 24.2. The lowest BCUT2D eigenvalue weighted by molar-refractivity contribution is -0.141. The van der Waals surface area contributed by atoms with Crippen molar-refractivity contribution in [3.05, 3.63) is 94.3 Å². The number of carbonyl (C=O) groups excluding carboxylic acids is 2. The number of halogens is 2. The maximum Gasteiger partial charge on any atom is 0.264 e. The number of benzene rings is 3. The molecule has 0 heterocycles. The third-order valence-corrected chi connectivity index (χ3v) is 8.47. The van der Waals surface area contributed by atoms with Crippen LogP contribution in [0.3, 0.4) is 0 Å². The Hall–Kier alpha value is -3.43. The predicted octanol–water partition coefficient (Wildman–Crippen LogP) is 6.01. The molecule has 7 nitrogen and oxygen atoms in total. The van der Waals surface area contributed by atoms with Gasteiger partial charge in [0.1, 0.15) is 18.4 Å². The Kier molecular flexibility index (Phi) is 10.2. The third kappa shape index (κ3) is 8.30. The molecule has 0 spiro atoms. The van der Waals surface area contributed by atoms with Crippen molar-refractivity contribution in [3.63, 3.8) is 0 Å². The highest BCUT2D eigenvalue weighted by molar-refractivity contribution is 7.92. The molecular formula is C31H37ClFN3O4S. The molecule has 1 atom stereocenters. The largest absolute Gasteiger partial charge is 0.350 e. The SMILES string of the molecule is CC[C@H](C(=O)NC(C)(C)C)N(Cc1ccc(F)cc1)C(=O)CN(c1ccc(Cl)cc1C)S(=O)(=O)c1ccc(C)cc1. The quantitative estimate of drug-likeness (QED) is 0.308. The molecular weight excluding hydrogens is 565 g/mol. The van der Waals surface area contributed by atoms with Gasteiger partial charge in [0.2, 0.25) is 11.8 Å². The molecule has 0 saturated carbocycles. The van der Waals surface area contributed by atoms with Crippen molar-refractivity contribution in [1.82, 2.24) is 10.2 Å². The van der Waals surface area contributed by atoms with Crippen LogP contribution in [-0.4, -0.2) is 43.3 Å². The summed E-state index contributed by atoms with van der Waals surface area (Å²) in [6.45, 7) is 10.3. The van der Waals surface area contributed by atoms with Gasteiger partial charge in [0, 0.05) is 17.1 Å². The number of carbonyl (C=O) groups is 2. The molecule has 41 heavy (non-hydrogen) atoms. The second-order valence-corrected chi connectivity index (χ2v) is 13.4. The fourth-order valence-electron chi connectivity index (χ4n) is 4.41. The normalized spacial score (nSPS) is 12.5. The van der Waals surface area contributed by atoms with Crippen LogP contribution in [0.25, 0.3) is 0 Å². The van der Waals surface area contributed by atoms with Gasteiger partial charge in [-0.1, -0.05) is 48.4 Å². The molecule has 2 amide bonds. The van der Waals surface area contributed by atoms with Gasteiger partial charge >= 0.3 is 0 Å². The van der Waals surface area contributed by atoms with Crippen LogP contribution in [0, 0.1) is 19.7 Å². The number of rotatable bonds is 10. The van der Waals surface area contributed by atoms with Crippen LogP contribution in [0.5, 0.6) is 0 Å². The van der Waals surface area contributed by atoms with Gasteiger partial charge in [-0.25, -0.2) is 12.8 Å². The lowest BCUT2D eigenvalue weighted by atomic mass is 10.1. The molecule has 220 valence electrons. The topological polar surface area (TPSA) is 86.8 Å². The van der Waals surface area contributed by atoms with Crippen molar-refractivity contribution in [1.29, 1.82) is 0 Å². The number of hydrogen-bond acceptors (Lipinski definition) is 4. The maximum atomic E-state index is 14.1. The first-order chi connectivity index (χ1) is 19.1. The zero-order valence-corrected chi connectivity index (χ0v) is 25.8. The van der Waals surface area contributed by atoms with E-state index in [0.717, 1.165) is 9.87 Å². The molecule has 0 aromatic heterocycles. The van der Waals surface area contributed by atoms with Crippen LogP contribution in [0.4, 0.5) is 10.1 Å². The number of sulfonamides is 1. The highest BCUT2D eigenvalue weighted by Gasteiger charge is 2.35. The Morgan fingerprint density at radius 3 is 2.12 bits per heavy atom. The number of aryl methyl sites for hydroxylation is 2. The summed E-state index contributed by atoms with van der Waals surface area (Å²) in [5.74, 6) is -1.39. The molecule has 1 N–H and O–H groups in total. The fraction of sp³-hybridized carbons (Fsp3) is 0.355. The van der Waals surface area contributed by atoms with Crippen molar-refractivity contribution in [2.45, 2.75) is 71.0 Å². The molecule has 0 bridgehead atoms. The lowest BCUT2D eigenvalue weighted by Gasteiger charge is -2.35. The molecule has 0 unspecified atom stereocenters. The molecule has 3 aromatic carbocycles. The van der Waals surface area contributed by atoms with Crippen LogP contribution >= 0.6 is 11.6 Å². The summed E-state index contributed by atoms with van der Waals surface area (Å²) in [4.78, 5) is 28.9. The maximum absolute atomic E-state index is 14.1. The van der Waals surface area contributed by atoms with E-state index in [0.29, 0.717) is 16.1 Å². The summed E-state index contributed by atoms with van der Waals surface area (Å²) in [5.41, 5.74) is 1.77. The summed E-state index contributed by atoms with van der Waals surface area (Å²) in [6, 6.07) is 15.8. The molecule has 3 aromatic rings. The second kappa shape index (κ2) is 13.0. The van der Waals surface area contributed by atoms with Gasteiger partial charge in [-0.05, 0) is 94.6 Å². The van der Waals surface area contributed by atoms with E-state index in [1.54, 1.807) is 44.2 Å². The molecule has 10 heteroatoms. The van der Waals surface area contributed by atoms with Gasteiger partial charge in [0.05, 0.1) is 10.6 Å². The van der Waals surface area contributed by atoms with Crippen LogP contribution in [0.15, 0.2) is 71.6 Å². The number of nitrogens with one attached hydrogen (secondary N) is 1. The number of hydrogen-bond donors (Lipinski definition) is 1. The van der Waals surface area contributed by atoms with Crippen molar-refractivity contribution in [2.24, 2.45) is 0 Å². The Bertz CT molecular complexity index is 1490. The summed E-state index contributed by atoms with van der Waals surface area (Å²) in [7, 11) is -4.20. The van der Waals surface area contributed by atoms with Crippen LogP contribution in [0.2, 0.25) is 5.02 Å². The summed E-state index contributed by atoms with van der Waals surface area (Å²) < 4.78 is 42.7. The van der Waals surface area contributed by atoms with Gasteiger partial charge in [0.25, 0.3) is 10.0 Å². The molecule has 0 radical (unpaired) electrons. The standard InChI is InChI=1S/C31H37ClFN3O4S/c1-7-27(30(38)34-31(4,5)6)35(19-23-10-13-25(33)14-11-23)29(37)20-36(28-17-12-24(32)18-22(28)3)41(39,40)26-15-8-21(2)9-16-26/h8-18,27H,7,19-20H2,1-6H3,(H,34,38)/t27-/m1/s1. The highest BCUT2D eigenvalue weighted by atomic mass is 35.5. The first-order valence-electron chi connectivity index (χ1n) is 13.3. The van der Waals surface area contributed by atoms with E-state index in [-0.39, 0.29) is 29.5 Å². The molecule has 0 saturated heterocycles. The van der Waals surface area contributed by atoms with E-state index in [1.807, 2.05) is 27.7 Å². The number of amides is 2. The molecule has 0 aliphatic rings. The van der Waals surface area contributed by atoms with E-state index >= 15 is 0 Å². The van der Waals surface area contributed by atoms with Gasteiger partial charge in [-0.3, -0.25) is 13.9 Å². The minimum Gasteiger partial charge on any atom is -0.350 e. The van der Waals surface area contributed by atoms with Crippen LogP contribution in [0.1, 0.15) is 50.8 Å². The molecule has 0 aliphatic heterocycles. The Balaban J connectivity index is 2.10. The first kappa shape index (κ1) is 32.1. The second-order valence-electron chi connectivity index (χ2n) is 11.1. The Labute approximate surface area is 247 Å². The van der Waals surface area contributed by atoms with E-state index in [2.05, 4.69) is 5.32 Å². The van der Waals surface area contributed by atoms with E-state index < -0.39 is 39.9 Å². The zero-order chi connectivity index (χ0) is 30.5. The van der Waals surface area contributed by atoms with Crippen molar-refractivity contribution in [2.75, 3.05) is 10.8 Å². The monoisotopic (exact) mass is 601 g/mol. The predicted molar refractivity (Wildman–Crippen MR) is 161 cm³/mol. The fourth-order valence-corrected chi connectivity index (χ4v) is 6.11. The van der Waals surface area contributed by atoms with E-state index in [1.165, 1.54) is 41.3 Å². The lowest BCUT2D eigenvalue weighted by Crippen LogP contribution is -2.55. The van der Waals surface area contributed by atoms with Crippen molar-refractivity contribution in [3.8, 4) is 0 Å². The van der Waals surface area contributed by atoms with Crippen LogP contribution < -0.4 is 9.62 Å². The molecule has 0 fully saturated rings. The highest BCUT2D eigenvalue weighted by Crippen LogP contribution is 2.30. The number of anilines is 1. The van der Waals surface area contributed by atoms with Gasteiger partial charge in [-0.2, -0.15) is 0 Å². The smallest absolute Gasteiger partial charge is 0.264 e. The summed E-state index contributed by atoms with van der Waals surface area (Å²) >= 11 is 6.16. The summed E-state index contributed by atoms with van der Waals surface area (Å²) in [5, 5.41) is 3.35. The minimum absolute atomic E-state index is 0.0206. The third-order valence-electron chi connectivity index (χ3n) is 6.47.